The molecule has 0 spiro atoms. The quantitative estimate of drug-likeness (QED) is 0.732. The molecule has 1 aliphatic heterocycles. The summed E-state index contributed by atoms with van der Waals surface area (Å²) in [5.41, 5.74) is -0.997. The molecule has 1 nitrogen and oxygen atoms in total. The van der Waals surface area contributed by atoms with Gasteiger partial charge >= 0.3 is 0 Å². The average molecular weight is 243 g/mol. The van der Waals surface area contributed by atoms with Gasteiger partial charge in [0.15, 0.2) is 0 Å². The summed E-state index contributed by atoms with van der Waals surface area (Å²) >= 11 is 0. The van der Waals surface area contributed by atoms with Crippen LogP contribution in [0.3, 0.4) is 0 Å². The highest BCUT2D eigenvalue weighted by Crippen LogP contribution is 2.30. The van der Waals surface area contributed by atoms with Crippen molar-refractivity contribution in [2.45, 2.75) is 77.9 Å². The number of halogens is 1. The van der Waals surface area contributed by atoms with E-state index in [4.69, 9.17) is 0 Å². The summed E-state index contributed by atoms with van der Waals surface area (Å²) in [5, 5.41) is 3.45. The van der Waals surface area contributed by atoms with Crippen molar-refractivity contribution < 1.29 is 4.39 Å². The molecule has 2 heteroatoms. The van der Waals surface area contributed by atoms with Crippen molar-refractivity contribution in [2.24, 2.45) is 11.8 Å². The fourth-order valence-electron chi connectivity index (χ4n) is 3.31. The molecule has 102 valence electrons. The fraction of sp³-hybridized carbons (Fsp3) is 1.00. The Hall–Kier alpha value is -0.110. The lowest BCUT2D eigenvalue weighted by Gasteiger charge is -2.31. The lowest BCUT2D eigenvalue weighted by atomic mass is 9.84. The van der Waals surface area contributed by atoms with Crippen molar-refractivity contribution in [1.82, 2.24) is 5.32 Å². The van der Waals surface area contributed by atoms with Crippen LogP contribution in [-0.4, -0.2) is 18.3 Å². The molecule has 1 fully saturated rings. The predicted molar refractivity (Wildman–Crippen MR) is 73.0 cm³/mol. The number of rotatable bonds is 6. The molecule has 0 amide bonds. The lowest BCUT2D eigenvalue weighted by molar-refractivity contribution is 0.110. The van der Waals surface area contributed by atoms with Gasteiger partial charge in [0.1, 0.15) is 5.67 Å². The molecule has 0 aromatic rings. The van der Waals surface area contributed by atoms with Gasteiger partial charge in [-0.2, -0.15) is 0 Å². The van der Waals surface area contributed by atoms with Gasteiger partial charge < -0.3 is 5.32 Å². The van der Waals surface area contributed by atoms with Gasteiger partial charge in [0.05, 0.1) is 0 Å². The highest BCUT2D eigenvalue weighted by molar-refractivity contribution is 4.84. The average Bonchev–Trinajstić information content (AvgIpc) is 2.15. The SMILES string of the molecule is CC(C)CC(C)CC(C)(F)CC1CCCCN1. The summed E-state index contributed by atoms with van der Waals surface area (Å²) < 4.78 is 14.5. The van der Waals surface area contributed by atoms with E-state index in [1.54, 1.807) is 6.92 Å². The second-order valence-electron chi connectivity index (χ2n) is 6.70. The Labute approximate surface area is 107 Å². The molecular formula is C15H30FN. The van der Waals surface area contributed by atoms with E-state index >= 15 is 0 Å². The molecule has 1 N–H and O–H groups in total. The molecule has 0 saturated carbocycles. The summed E-state index contributed by atoms with van der Waals surface area (Å²) in [4.78, 5) is 0. The Balaban J connectivity index is 2.33. The van der Waals surface area contributed by atoms with Gasteiger partial charge in [0.2, 0.25) is 0 Å². The summed E-state index contributed by atoms with van der Waals surface area (Å²) in [6.45, 7) is 9.48. The Morgan fingerprint density at radius 3 is 2.53 bits per heavy atom. The van der Waals surface area contributed by atoms with Crippen LogP contribution in [0, 0.1) is 11.8 Å². The molecular weight excluding hydrogens is 213 g/mol. The molecule has 0 radical (unpaired) electrons. The molecule has 17 heavy (non-hydrogen) atoms. The summed E-state index contributed by atoms with van der Waals surface area (Å²) in [5.74, 6) is 1.17. The van der Waals surface area contributed by atoms with Crippen molar-refractivity contribution in [3.8, 4) is 0 Å². The third-order valence-corrected chi connectivity index (χ3v) is 3.73. The molecule has 3 unspecified atom stereocenters. The van der Waals surface area contributed by atoms with Crippen LogP contribution in [0.15, 0.2) is 0 Å². The van der Waals surface area contributed by atoms with Gasteiger partial charge in [0, 0.05) is 6.04 Å². The van der Waals surface area contributed by atoms with Crippen molar-refractivity contribution >= 4 is 0 Å². The smallest absolute Gasteiger partial charge is 0.110 e. The van der Waals surface area contributed by atoms with Crippen LogP contribution in [-0.2, 0) is 0 Å². The maximum Gasteiger partial charge on any atom is 0.110 e. The maximum absolute atomic E-state index is 14.5. The van der Waals surface area contributed by atoms with E-state index in [2.05, 4.69) is 26.1 Å². The number of alkyl halides is 1. The van der Waals surface area contributed by atoms with E-state index in [0.29, 0.717) is 30.7 Å². The Bertz CT molecular complexity index is 207. The van der Waals surface area contributed by atoms with E-state index in [9.17, 15) is 4.39 Å². The number of piperidine rings is 1. The van der Waals surface area contributed by atoms with Crippen molar-refractivity contribution in [3.63, 3.8) is 0 Å². The highest BCUT2D eigenvalue weighted by Gasteiger charge is 2.30. The summed E-state index contributed by atoms with van der Waals surface area (Å²) in [7, 11) is 0. The molecule has 0 aromatic carbocycles. The Morgan fingerprint density at radius 1 is 1.29 bits per heavy atom. The van der Waals surface area contributed by atoms with Gasteiger partial charge in [-0.05, 0) is 57.4 Å². The summed E-state index contributed by atoms with van der Waals surface area (Å²) in [6, 6.07) is 0.407. The third kappa shape index (κ3) is 6.40. The Morgan fingerprint density at radius 2 is 2.00 bits per heavy atom. The molecule has 1 aliphatic rings. The van der Waals surface area contributed by atoms with Crippen LogP contribution in [0.4, 0.5) is 4.39 Å². The van der Waals surface area contributed by atoms with Crippen molar-refractivity contribution in [1.29, 1.82) is 0 Å². The standard InChI is InChI=1S/C15H30FN/c1-12(2)9-13(3)10-15(4,16)11-14-7-5-6-8-17-14/h12-14,17H,5-11H2,1-4H3. The molecule has 1 rings (SSSR count). The van der Waals surface area contributed by atoms with Gasteiger partial charge in [0.25, 0.3) is 0 Å². The van der Waals surface area contributed by atoms with Crippen LogP contribution >= 0.6 is 0 Å². The fourth-order valence-corrected chi connectivity index (χ4v) is 3.31. The van der Waals surface area contributed by atoms with Gasteiger partial charge in [-0.25, -0.2) is 4.39 Å². The van der Waals surface area contributed by atoms with Gasteiger partial charge in [-0.1, -0.05) is 27.2 Å². The van der Waals surface area contributed by atoms with Crippen molar-refractivity contribution in [2.75, 3.05) is 6.54 Å². The molecule has 1 heterocycles. The van der Waals surface area contributed by atoms with Crippen LogP contribution in [0.2, 0.25) is 0 Å². The first-order chi connectivity index (χ1) is 7.89. The zero-order chi connectivity index (χ0) is 12.9. The molecule has 3 atom stereocenters. The van der Waals surface area contributed by atoms with E-state index in [0.717, 1.165) is 19.4 Å². The minimum Gasteiger partial charge on any atom is -0.314 e. The van der Waals surface area contributed by atoms with E-state index in [1.165, 1.54) is 12.8 Å². The number of hydrogen-bond donors (Lipinski definition) is 1. The first-order valence-corrected chi connectivity index (χ1v) is 7.31. The zero-order valence-corrected chi connectivity index (χ0v) is 12.1. The second-order valence-corrected chi connectivity index (χ2v) is 6.70. The van der Waals surface area contributed by atoms with E-state index < -0.39 is 5.67 Å². The third-order valence-electron chi connectivity index (χ3n) is 3.73. The van der Waals surface area contributed by atoms with Crippen LogP contribution in [0.1, 0.15) is 66.2 Å². The molecule has 0 aliphatic carbocycles. The highest BCUT2D eigenvalue weighted by atomic mass is 19.1. The largest absolute Gasteiger partial charge is 0.314 e. The lowest BCUT2D eigenvalue weighted by Crippen LogP contribution is -2.39. The molecule has 1 saturated heterocycles. The minimum atomic E-state index is -0.997. The molecule has 0 aromatic heterocycles. The monoisotopic (exact) mass is 243 g/mol. The maximum atomic E-state index is 14.5. The second kappa shape index (κ2) is 6.72. The van der Waals surface area contributed by atoms with Crippen LogP contribution in [0.25, 0.3) is 0 Å². The zero-order valence-electron chi connectivity index (χ0n) is 12.1. The Kier molecular flexibility index (Phi) is 5.91. The summed E-state index contributed by atoms with van der Waals surface area (Å²) in [6.07, 6.45) is 6.20. The van der Waals surface area contributed by atoms with E-state index in [1.807, 2.05) is 0 Å². The first kappa shape index (κ1) is 14.9. The topological polar surface area (TPSA) is 12.0 Å². The minimum absolute atomic E-state index is 0.407. The first-order valence-electron chi connectivity index (χ1n) is 7.31. The van der Waals surface area contributed by atoms with Crippen LogP contribution in [0.5, 0.6) is 0 Å². The number of nitrogens with one attached hydrogen (secondary N) is 1. The predicted octanol–water partition coefficient (Wildman–Crippen LogP) is 4.32. The number of hydrogen-bond acceptors (Lipinski definition) is 1. The van der Waals surface area contributed by atoms with Crippen LogP contribution < -0.4 is 5.32 Å². The van der Waals surface area contributed by atoms with Gasteiger partial charge in [-0.15, -0.1) is 0 Å². The molecule has 0 bridgehead atoms. The van der Waals surface area contributed by atoms with Gasteiger partial charge in [-0.3, -0.25) is 0 Å². The normalized spacial score (nSPS) is 26.8. The van der Waals surface area contributed by atoms with Crippen molar-refractivity contribution in [3.05, 3.63) is 0 Å². The van der Waals surface area contributed by atoms with E-state index in [-0.39, 0.29) is 0 Å².